The van der Waals surface area contributed by atoms with E-state index in [4.69, 9.17) is 0 Å². The number of anilines is 1. The first-order chi connectivity index (χ1) is 12.7. The highest BCUT2D eigenvalue weighted by molar-refractivity contribution is 5.46. The lowest BCUT2D eigenvalue weighted by molar-refractivity contribution is 0.208. The van der Waals surface area contributed by atoms with Gasteiger partial charge in [0.1, 0.15) is 5.82 Å². The van der Waals surface area contributed by atoms with Gasteiger partial charge in [-0.1, -0.05) is 18.2 Å². The molecule has 3 heterocycles. The quantitative estimate of drug-likeness (QED) is 0.766. The molecule has 0 aliphatic carbocycles. The molecule has 0 spiro atoms. The molecule has 1 aliphatic rings. The average molecular weight is 349 g/mol. The minimum Gasteiger partial charge on any atom is -0.382 e. The van der Waals surface area contributed by atoms with Crippen molar-refractivity contribution in [2.75, 3.05) is 25.5 Å². The predicted molar refractivity (Wildman–Crippen MR) is 106 cm³/mol. The summed E-state index contributed by atoms with van der Waals surface area (Å²) in [7, 11) is 2.21. The van der Waals surface area contributed by atoms with E-state index in [1.807, 2.05) is 28.8 Å². The van der Waals surface area contributed by atoms with E-state index in [-0.39, 0.29) is 0 Å². The van der Waals surface area contributed by atoms with E-state index in [9.17, 15) is 0 Å². The highest BCUT2D eigenvalue weighted by atomic mass is 15.2. The van der Waals surface area contributed by atoms with Crippen LogP contribution in [0.2, 0.25) is 0 Å². The number of piperidine rings is 1. The van der Waals surface area contributed by atoms with Gasteiger partial charge in [0.15, 0.2) is 5.65 Å². The number of rotatable bonds is 5. The van der Waals surface area contributed by atoms with Crippen molar-refractivity contribution in [3.05, 3.63) is 60.0 Å². The number of aromatic nitrogens is 3. The number of nitrogens with zero attached hydrogens (tertiary/aromatic N) is 4. The third-order valence-corrected chi connectivity index (χ3v) is 5.57. The van der Waals surface area contributed by atoms with Crippen LogP contribution in [0.3, 0.4) is 0 Å². The van der Waals surface area contributed by atoms with Crippen molar-refractivity contribution in [1.29, 1.82) is 0 Å². The Morgan fingerprint density at radius 1 is 1.08 bits per heavy atom. The molecule has 1 unspecified atom stereocenters. The van der Waals surface area contributed by atoms with Crippen LogP contribution in [0.1, 0.15) is 31.2 Å². The van der Waals surface area contributed by atoms with Gasteiger partial charge in [-0.25, -0.2) is 0 Å². The van der Waals surface area contributed by atoms with Gasteiger partial charge in [-0.2, -0.15) is 0 Å². The molecule has 136 valence electrons. The monoisotopic (exact) mass is 349 g/mol. The SMILES string of the molecule is CC(Nc1ccc(Cc2nnc3ccccn23)cc1)C1CCN(C)CC1. The molecule has 4 rings (SSSR count). The second kappa shape index (κ2) is 7.46. The van der Waals surface area contributed by atoms with Gasteiger partial charge in [0, 0.05) is 24.3 Å². The Labute approximate surface area is 155 Å². The van der Waals surface area contributed by atoms with Crippen molar-refractivity contribution < 1.29 is 0 Å². The lowest BCUT2D eigenvalue weighted by Gasteiger charge is -2.33. The summed E-state index contributed by atoms with van der Waals surface area (Å²) in [5, 5.41) is 12.2. The minimum atomic E-state index is 0.509. The number of pyridine rings is 1. The van der Waals surface area contributed by atoms with Gasteiger partial charge < -0.3 is 10.2 Å². The zero-order chi connectivity index (χ0) is 17.9. The van der Waals surface area contributed by atoms with Crippen molar-refractivity contribution in [1.82, 2.24) is 19.5 Å². The van der Waals surface area contributed by atoms with Crippen LogP contribution in [0.15, 0.2) is 48.7 Å². The largest absolute Gasteiger partial charge is 0.382 e. The van der Waals surface area contributed by atoms with Crippen LogP contribution in [0, 0.1) is 5.92 Å². The summed E-state index contributed by atoms with van der Waals surface area (Å²) in [6, 6.07) is 15.2. The number of likely N-dealkylation sites (tertiary alicyclic amines) is 1. The van der Waals surface area contributed by atoms with E-state index in [1.165, 1.54) is 37.2 Å². The van der Waals surface area contributed by atoms with Crippen LogP contribution in [-0.2, 0) is 6.42 Å². The zero-order valence-corrected chi connectivity index (χ0v) is 15.6. The molecular weight excluding hydrogens is 322 g/mol. The fraction of sp³-hybridized carbons (Fsp3) is 0.429. The Morgan fingerprint density at radius 3 is 2.62 bits per heavy atom. The summed E-state index contributed by atoms with van der Waals surface area (Å²) in [4.78, 5) is 2.42. The molecule has 5 nitrogen and oxygen atoms in total. The lowest BCUT2D eigenvalue weighted by atomic mass is 9.90. The van der Waals surface area contributed by atoms with Crippen LogP contribution in [0.25, 0.3) is 5.65 Å². The second-order valence-electron chi connectivity index (χ2n) is 7.49. The van der Waals surface area contributed by atoms with Crippen LogP contribution in [-0.4, -0.2) is 45.7 Å². The summed E-state index contributed by atoms with van der Waals surface area (Å²) >= 11 is 0. The first-order valence-corrected chi connectivity index (χ1v) is 9.52. The van der Waals surface area contributed by atoms with Crippen LogP contribution >= 0.6 is 0 Å². The van der Waals surface area contributed by atoms with E-state index >= 15 is 0 Å². The molecule has 1 saturated heterocycles. The van der Waals surface area contributed by atoms with E-state index in [2.05, 4.69) is 58.7 Å². The van der Waals surface area contributed by atoms with Crippen molar-refractivity contribution in [2.24, 2.45) is 5.92 Å². The van der Waals surface area contributed by atoms with Crippen molar-refractivity contribution >= 4 is 11.3 Å². The fourth-order valence-corrected chi connectivity index (χ4v) is 3.82. The summed E-state index contributed by atoms with van der Waals surface area (Å²) in [6.45, 7) is 4.73. The van der Waals surface area contributed by atoms with Crippen LogP contribution in [0.4, 0.5) is 5.69 Å². The van der Waals surface area contributed by atoms with Gasteiger partial charge in [-0.3, -0.25) is 4.40 Å². The maximum atomic E-state index is 4.32. The highest BCUT2D eigenvalue weighted by Crippen LogP contribution is 2.23. The number of nitrogens with one attached hydrogen (secondary N) is 1. The zero-order valence-electron chi connectivity index (χ0n) is 15.6. The van der Waals surface area contributed by atoms with E-state index in [1.54, 1.807) is 0 Å². The molecular formula is C21H27N5. The third kappa shape index (κ3) is 3.73. The van der Waals surface area contributed by atoms with Crippen molar-refractivity contribution in [3.8, 4) is 0 Å². The Kier molecular flexibility index (Phi) is 4.89. The van der Waals surface area contributed by atoms with Gasteiger partial charge in [0.2, 0.25) is 0 Å². The molecule has 1 N–H and O–H groups in total. The van der Waals surface area contributed by atoms with Gasteiger partial charge >= 0.3 is 0 Å². The number of hydrogen-bond donors (Lipinski definition) is 1. The first-order valence-electron chi connectivity index (χ1n) is 9.52. The molecule has 1 aromatic carbocycles. The number of fused-ring (bicyclic) bond motifs is 1. The van der Waals surface area contributed by atoms with Crippen molar-refractivity contribution in [3.63, 3.8) is 0 Å². The molecule has 5 heteroatoms. The summed E-state index contributed by atoms with van der Waals surface area (Å²) < 4.78 is 2.05. The Morgan fingerprint density at radius 2 is 1.85 bits per heavy atom. The number of hydrogen-bond acceptors (Lipinski definition) is 4. The van der Waals surface area contributed by atoms with Gasteiger partial charge in [-0.05, 0) is 75.6 Å². The van der Waals surface area contributed by atoms with E-state index in [0.717, 1.165) is 23.8 Å². The Bertz CT molecular complexity index is 846. The van der Waals surface area contributed by atoms with E-state index in [0.29, 0.717) is 6.04 Å². The summed E-state index contributed by atoms with van der Waals surface area (Å²) in [5.41, 5.74) is 3.35. The summed E-state index contributed by atoms with van der Waals surface area (Å²) in [6.07, 6.45) is 5.37. The first kappa shape index (κ1) is 17.0. The Hall–Kier alpha value is -2.40. The molecule has 0 amide bonds. The van der Waals surface area contributed by atoms with Crippen LogP contribution < -0.4 is 5.32 Å². The average Bonchev–Trinajstić information content (AvgIpc) is 3.07. The molecule has 26 heavy (non-hydrogen) atoms. The molecule has 3 aromatic rings. The van der Waals surface area contributed by atoms with Gasteiger partial charge in [0.05, 0.1) is 0 Å². The topological polar surface area (TPSA) is 45.5 Å². The van der Waals surface area contributed by atoms with Gasteiger partial charge in [0.25, 0.3) is 0 Å². The van der Waals surface area contributed by atoms with Crippen molar-refractivity contribution in [2.45, 2.75) is 32.2 Å². The third-order valence-electron chi connectivity index (χ3n) is 5.57. The molecule has 1 aliphatic heterocycles. The molecule has 0 bridgehead atoms. The molecule has 2 aromatic heterocycles. The molecule has 1 atom stereocenters. The molecule has 0 radical (unpaired) electrons. The highest BCUT2D eigenvalue weighted by Gasteiger charge is 2.22. The standard InChI is InChI=1S/C21H27N5/c1-16(18-10-13-25(2)14-11-18)22-19-8-6-17(7-9-19)15-21-24-23-20-5-3-4-12-26(20)21/h3-9,12,16,18,22H,10-11,13-15H2,1-2H3. The maximum absolute atomic E-state index is 4.32. The smallest absolute Gasteiger partial charge is 0.160 e. The Balaban J connectivity index is 1.39. The van der Waals surface area contributed by atoms with Crippen LogP contribution in [0.5, 0.6) is 0 Å². The predicted octanol–water partition coefficient (Wildman–Crippen LogP) is 3.46. The summed E-state index contributed by atoms with van der Waals surface area (Å²) in [5.74, 6) is 1.73. The normalized spacial score (nSPS) is 17.5. The van der Waals surface area contributed by atoms with Gasteiger partial charge in [-0.15, -0.1) is 10.2 Å². The maximum Gasteiger partial charge on any atom is 0.160 e. The van der Waals surface area contributed by atoms with E-state index < -0.39 is 0 Å². The number of benzene rings is 1. The lowest BCUT2D eigenvalue weighted by Crippen LogP contribution is -2.37. The fourth-order valence-electron chi connectivity index (χ4n) is 3.82. The minimum absolute atomic E-state index is 0.509. The molecule has 0 saturated carbocycles. The molecule has 1 fully saturated rings. The second-order valence-corrected chi connectivity index (χ2v) is 7.49.